The molecule has 0 bridgehead atoms. The third-order valence-electron chi connectivity index (χ3n) is 4.39. The first kappa shape index (κ1) is 20.2. The van der Waals surface area contributed by atoms with Gasteiger partial charge in [0.2, 0.25) is 15.2 Å². The smallest absolute Gasteiger partial charge is 0.243 e. The van der Waals surface area contributed by atoms with Crippen LogP contribution in [0, 0.1) is 5.92 Å². The van der Waals surface area contributed by atoms with Gasteiger partial charge in [0, 0.05) is 18.7 Å². The van der Waals surface area contributed by atoms with Gasteiger partial charge in [-0.15, -0.1) is 10.2 Å². The van der Waals surface area contributed by atoms with Gasteiger partial charge in [0.15, 0.2) is 10.1 Å². The van der Waals surface area contributed by atoms with Gasteiger partial charge in [-0.25, -0.2) is 8.42 Å². The van der Waals surface area contributed by atoms with E-state index in [1.54, 1.807) is 18.2 Å². The highest BCUT2D eigenvalue weighted by atomic mass is 32.2. The van der Waals surface area contributed by atoms with Crippen LogP contribution in [0.1, 0.15) is 30.1 Å². The number of nitrogens with zero attached hydrogens (tertiary/aromatic N) is 3. The number of aromatic nitrogens is 2. The van der Waals surface area contributed by atoms with Crippen molar-refractivity contribution in [3.05, 3.63) is 29.8 Å². The number of piperidine rings is 1. The molecule has 1 aliphatic rings. The normalized spacial score (nSPS) is 18.4. The molecule has 0 aliphatic carbocycles. The van der Waals surface area contributed by atoms with Gasteiger partial charge < -0.3 is 5.32 Å². The molecule has 7 nitrogen and oxygen atoms in total. The minimum absolute atomic E-state index is 0.0350. The quantitative estimate of drug-likeness (QED) is 0.537. The van der Waals surface area contributed by atoms with Gasteiger partial charge in [-0.2, -0.15) is 4.31 Å². The van der Waals surface area contributed by atoms with Crippen LogP contribution in [0.2, 0.25) is 0 Å². The van der Waals surface area contributed by atoms with E-state index in [0.717, 1.165) is 17.2 Å². The first-order valence-corrected chi connectivity index (χ1v) is 12.1. The van der Waals surface area contributed by atoms with Gasteiger partial charge in [-0.3, -0.25) is 4.79 Å². The van der Waals surface area contributed by atoms with Crippen molar-refractivity contribution in [1.82, 2.24) is 14.5 Å². The molecule has 10 heteroatoms. The average Bonchev–Trinajstić information content (AvgIpc) is 3.14. The number of Topliss-reactive ketones (excluding diaryl/α,β-unsaturated/α-hetero) is 1. The second kappa shape index (κ2) is 8.68. The Bertz CT molecular complexity index is 914. The summed E-state index contributed by atoms with van der Waals surface area (Å²) in [6.07, 6.45) is 3.81. The summed E-state index contributed by atoms with van der Waals surface area (Å²) in [4.78, 5) is 12.7. The molecule has 0 amide bonds. The Hall–Kier alpha value is -1.49. The maximum atomic E-state index is 12.9. The number of carbonyl (C=O) groups is 1. The largest absolute Gasteiger partial charge is 0.353 e. The molecular weight excluding hydrogens is 404 g/mol. The lowest BCUT2D eigenvalue weighted by Crippen LogP contribution is -2.39. The molecule has 0 spiro atoms. The zero-order chi connectivity index (χ0) is 19.4. The Morgan fingerprint density at radius 2 is 2.22 bits per heavy atom. The summed E-state index contributed by atoms with van der Waals surface area (Å²) < 4.78 is 28.1. The number of hydrogen-bond donors (Lipinski definition) is 1. The SMILES string of the molecule is CSc1nnc(NCC(=O)c2cccc(S(=O)(=O)N3CCCC(C)C3)c2)s1. The maximum Gasteiger partial charge on any atom is 0.243 e. The molecule has 1 atom stereocenters. The predicted molar refractivity (Wildman–Crippen MR) is 108 cm³/mol. The highest BCUT2D eigenvalue weighted by Gasteiger charge is 2.29. The zero-order valence-corrected chi connectivity index (χ0v) is 17.7. The average molecular weight is 427 g/mol. The molecule has 1 aromatic carbocycles. The topological polar surface area (TPSA) is 92.3 Å². The molecule has 0 radical (unpaired) electrons. The number of thioether (sulfide) groups is 1. The lowest BCUT2D eigenvalue weighted by molar-refractivity contribution is 0.101. The fourth-order valence-electron chi connectivity index (χ4n) is 2.97. The summed E-state index contributed by atoms with van der Waals surface area (Å²) in [5.41, 5.74) is 0.364. The van der Waals surface area contributed by atoms with Crippen molar-refractivity contribution in [2.45, 2.75) is 29.0 Å². The van der Waals surface area contributed by atoms with Crippen molar-refractivity contribution in [2.75, 3.05) is 31.2 Å². The molecule has 1 fully saturated rings. The van der Waals surface area contributed by atoms with Crippen LogP contribution in [-0.2, 0) is 10.0 Å². The van der Waals surface area contributed by atoms with Crippen molar-refractivity contribution in [3.63, 3.8) is 0 Å². The van der Waals surface area contributed by atoms with Crippen LogP contribution < -0.4 is 5.32 Å². The van der Waals surface area contributed by atoms with Crippen LogP contribution in [0.3, 0.4) is 0 Å². The number of anilines is 1. The molecule has 1 aliphatic heterocycles. The monoisotopic (exact) mass is 426 g/mol. The molecule has 27 heavy (non-hydrogen) atoms. The Balaban J connectivity index is 1.71. The molecule has 2 aromatic rings. The fraction of sp³-hybridized carbons (Fsp3) is 0.471. The van der Waals surface area contributed by atoms with Crippen molar-refractivity contribution in [3.8, 4) is 0 Å². The van der Waals surface area contributed by atoms with Crippen molar-refractivity contribution in [2.24, 2.45) is 5.92 Å². The van der Waals surface area contributed by atoms with E-state index in [1.807, 2.05) is 6.26 Å². The number of nitrogens with one attached hydrogen (secondary N) is 1. The molecule has 1 saturated heterocycles. The fourth-order valence-corrected chi connectivity index (χ4v) is 5.78. The van der Waals surface area contributed by atoms with Crippen LogP contribution in [0.5, 0.6) is 0 Å². The lowest BCUT2D eigenvalue weighted by atomic mass is 10.0. The van der Waals surface area contributed by atoms with E-state index in [1.165, 1.54) is 33.5 Å². The molecular formula is C17H22N4O3S3. The van der Waals surface area contributed by atoms with E-state index in [-0.39, 0.29) is 17.2 Å². The van der Waals surface area contributed by atoms with E-state index in [4.69, 9.17) is 0 Å². The van der Waals surface area contributed by atoms with Gasteiger partial charge in [0.05, 0.1) is 11.4 Å². The molecule has 146 valence electrons. The third-order valence-corrected chi connectivity index (χ3v) is 8.11. The van der Waals surface area contributed by atoms with Gasteiger partial charge in [-0.1, -0.05) is 42.2 Å². The lowest BCUT2D eigenvalue weighted by Gasteiger charge is -2.30. The molecule has 3 rings (SSSR count). The summed E-state index contributed by atoms with van der Waals surface area (Å²) in [5.74, 6) is 0.153. The van der Waals surface area contributed by atoms with Gasteiger partial charge in [0.1, 0.15) is 0 Å². The van der Waals surface area contributed by atoms with E-state index in [2.05, 4.69) is 22.4 Å². The Labute approximate surface area is 167 Å². The Kier molecular flexibility index (Phi) is 6.51. The highest BCUT2D eigenvalue weighted by Crippen LogP contribution is 2.25. The van der Waals surface area contributed by atoms with E-state index >= 15 is 0 Å². The number of sulfonamides is 1. The molecule has 0 saturated carbocycles. The third kappa shape index (κ3) is 4.87. The second-order valence-corrected chi connectivity index (χ2v) is 10.5. The van der Waals surface area contributed by atoms with Crippen LogP contribution in [-0.4, -0.2) is 54.6 Å². The summed E-state index contributed by atoms with van der Waals surface area (Å²) in [5, 5.41) is 11.4. The van der Waals surface area contributed by atoms with E-state index in [0.29, 0.717) is 29.7 Å². The first-order valence-electron chi connectivity index (χ1n) is 8.65. The summed E-state index contributed by atoms with van der Waals surface area (Å²) in [6.45, 7) is 3.15. The van der Waals surface area contributed by atoms with Crippen LogP contribution in [0.15, 0.2) is 33.5 Å². The Morgan fingerprint density at radius 3 is 2.93 bits per heavy atom. The molecule has 1 N–H and O–H groups in total. The molecule has 1 aromatic heterocycles. The van der Waals surface area contributed by atoms with Crippen LogP contribution in [0.4, 0.5) is 5.13 Å². The van der Waals surface area contributed by atoms with Gasteiger partial charge >= 0.3 is 0 Å². The minimum Gasteiger partial charge on any atom is -0.353 e. The zero-order valence-electron chi connectivity index (χ0n) is 15.2. The summed E-state index contributed by atoms with van der Waals surface area (Å²) in [6, 6.07) is 6.26. The number of hydrogen-bond acceptors (Lipinski definition) is 8. The van der Waals surface area contributed by atoms with Crippen LogP contribution in [0.25, 0.3) is 0 Å². The molecule has 2 heterocycles. The van der Waals surface area contributed by atoms with E-state index in [9.17, 15) is 13.2 Å². The number of ketones is 1. The van der Waals surface area contributed by atoms with Crippen molar-refractivity contribution in [1.29, 1.82) is 0 Å². The van der Waals surface area contributed by atoms with E-state index < -0.39 is 10.0 Å². The highest BCUT2D eigenvalue weighted by molar-refractivity contribution is 8.00. The van der Waals surface area contributed by atoms with Gasteiger partial charge in [0.25, 0.3) is 0 Å². The first-order chi connectivity index (χ1) is 12.9. The van der Waals surface area contributed by atoms with Crippen molar-refractivity contribution < 1.29 is 13.2 Å². The van der Waals surface area contributed by atoms with Crippen LogP contribution >= 0.6 is 23.1 Å². The predicted octanol–water partition coefficient (Wildman–Crippen LogP) is 2.98. The summed E-state index contributed by atoms with van der Waals surface area (Å²) >= 11 is 2.86. The second-order valence-electron chi connectivity index (χ2n) is 6.49. The summed E-state index contributed by atoms with van der Waals surface area (Å²) in [7, 11) is -3.58. The van der Waals surface area contributed by atoms with Gasteiger partial charge in [-0.05, 0) is 37.1 Å². The molecule has 1 unspecified atom stereocenters. The Morgan fingerprint density at radius 1 is 1.41 bits per heavy atom. The maximum absolute atomic E-state index is 12.9. The number of rotatable bonds is 7. The standard InChI is InChI=1S/C17H22N4O3S3/c1-12-5-4-8-21(11-12)27(23,24)14-7-3-6-13(9-14)15(22)10-18-16-19-20-17(25-2)26-16/h3,6-7,9,12H,4-5,8,10-11H2,1-2H3,(H,18,19). The van der Waals surface area contributed by atoms with Crippen molar-refractivity contribution >= 4 is 44.0 Å². The number of benzene rings is 1. The number of carbonyl (C=O) groups excluding carboxylic acids is 1. The minimum atomic E-state index is -3.58.